The molecule has 0 aliphatic rings. The van der Waals surface area contributed by atoms with Gasteiger partial charge in [0.15, 0.2) is 0 Å². The van der Waals surface area contributed by atoms with Crippen molar-refractivity contribution in [1.82, 2.24) is 0 Å². The van der Waals surface area contributed by atoms with Crippen molar-refractivity contribution in [3.8, 4) is 0 Å². The fourth-order valence-electron chi connectivity index (χ4n) is 3.60. The fourth-order valence-corrected chi connectivity index (χ4v) is 4.42. The molecule has 5 nitrogen and oxygen atoms in total. The van der Waals surface area contributed by atoms with Gasteiger partial charge in [0, 0.05) is 6.42 Å². The van der Waals surface area contributed by atoms with Crippen molar-refractivity contribution in [2.75, 3.05) is 21.1 Å². The molecule has 2 unspecified atom stereocenters. The van der Waals surface area contributed by atoms with Gasteiger partial charge in [-0.15, -0.1) is 0 Å². The average Bonchev–Trinajstić information content (AvgIpc) is 2.40. The van der Waals surface area contributed by atoms with Gasteiger partial charge in [-0.05, 0) is 19.3 Å². The van der Waals surface area contributed by atoms with Gasteiger partial charge in [-0.3, -0.25) is 4.52 Å². The van der Waals surface area contributed by atoms with Crippen LogP contribution in [0, 0.1) is 0 Å². The van der Waals surface area contributed by atoms with Crippen molar-refractivity contribution in [2.45, 2.75) is 90.2 Å². The molecule has 0 aliphatic carbocycles. The minimum Gasteiger partial charge on any atom is -0.326 e. The number of hydrogen-bond donors (Lipinski definition) is 2. The van der Waals surface area contributed by atoms with Crippen LogP contribution in [0.2, 0.25) is 0 Å². The zero-order valence-electron chi connectivity index (χ0n) is 16.0. The van der Waals surface area contributed by atoms with Crippen molar-refractivity contribution < 1.29 is 23.4 Å². The third kappa shape index (κ3) is 8.64. The third-order valence-electron chi connectivity index (χ3n) is 4.73. The van der Waals surface area contributed by atoms with Crippen molar-refractivity contribution in [3.63, 3.8) is 0 Å². The van der Waals surface area contributed by atoms with Gasteiger partial charge in [-0.1, -0.05) is 52.9 Å². The van der Waals surface area contributed by atoms with E-state index in [0.29, 0.717) is 17.3 Å². The number of hydrogen-bond acceptors (Lipinski definition) is 2. The second-order valence-corrected chi connectivity index (χ2v) is 8.75. The van der Waals surface area contributed by atoms with Gasteiger partial charge >= 0.3 is 7.82 Å². The molecule has 0 aromatic heterocycles. The normalized spacial score (nSPS) is 17.0. The minimum atomic E-state index is -4.52. The SMILES string of the molecule is CCCCCC(C(CC)(CCCCC)OP(=O)(O)O)[N+](C)(C)C. The molecule has 0 aromatic carbocycles. The molecule has 0 radical (unpaired) electrons. The predicted molar refractivity (Wildman–Crippen MR) is 96.3 cm³/mol. The number of phosphoric ester groups is 1. The molecule has 23 heavy (non-hydrogen) atoms. The Morgan fingerprint density at radius 1 is 1.00 bits per heavy atom. The Labute approximate surface area is 143 Å². The monoisotopic (exact) mass is 352 g/mol. The molecule has 0 rings (SSSR count). The van der Waals surface area contributed by atoms with E-state index in [9.17, 15) is 14.4 Å². The molecule has 0 aromatic rings. The quantitative estimate of drug-likeness (QED) is 0.291. The molecule has 0 bridgehead atoms. The lowest BCUT2D eigenvalue weighted by Gasteiger charge is -2.47. The Bertz CT molecular complexity index is 364. The highest BCUT2D eigenvalue weighted by atomic mass is 31.2. The molecule has 0 heterocycles. The highest BCUT2D eigenvalue weighted by Crippen LogP contribution is 2.48. The maximum absolute atomic E-state index is 11.7. The van der Waals surface area contributed by atoms with E-state index in [2.05, 4.69) is 35.0 Å². The molecule has 0 spiro atoms. The molecule has 0 aliphatic heterocycles. The molecule has 0 amide bonds. The van der Waals surface area contributed by atoms with E-state index in [0.717, 1.165) is 44.9 Å². The lowest BCUT2D eigenvalue weighted by Crippen LogP contribution is -2.59. The number of nitrogens with zero attached hydrogens (tertiary/aromatic N) is 1. The molecule has 2 N–H and O–H groups in total. The molecule has 140 valence electrons. The van der Waals surface area contributed by atoms with Gasteiger partial charge in [0.05, 0.1) is 21.1 Å². The summed E-state index contributed by atoms with van der Waals surface area (Å²) in [4.78, 5) is 19.0. The van der Waals surface area contributed by atoms with E-state index in [1.54, 1.807) is 0 Å². The second-order valence-electron chi connectivity index (χ2n) is 7.59. The van der Waals surface area contributed by atoms with Crippen LogP contribution in [0.15, 0.2) is 0 Å². The van der Waals surface area contributed by atoms with Gasteiger partial charge in [-0.25, -0.2) is 4.57 Å². The highest BCUT2D eigenvalue weighted by molar-refractivity contribution is 7.46. The first-order valence-corrected chi connectivity index (χ1v) is 10.6. The Hall–Kier alpha value is 0.0700. The summed E-state index contributed by atoms with van der Waals surface area (Å²) in [6.07, 6.45) is 8.68. The fraction of sp³-hybridized carbons (Fsp3) is 1.00. The molecule has 0 saturated carbocycles. The van der Waals surface area contributed by atoms with Gasteiger partial charge in [-0.2, -0.15) is 0 Å². The maximum atomic E-state index is 11.7. The smallest absolute Gasteiger partial charge is 0.326 e. The largest absolute Gasteiger partial charge is 0.470 e. The minimum absolute atomic E-state index is 0.0727. The lowest BCUT2D eigenvalue weighted by molar-refractivity contribution is -0.904. The van der Waals surface area contributed by atoms with Gasteiger partial charge in [0.25, 0.3) is 0 Å². The molecule has 0 fully saturated rings. The van der Waals surface area contributed by atoms with E-state index >= 15 is 0 Å². The Morgan fingerprint density at radius 3 is 1.91 bits per heavy atom. The van der Waals surface area contributed by atoms with Crippen LogP contribution >= 0.6 is 7.82 Å². The maximum Gasteiger partial charge on any atom is 0.470 e. The first kappa shape index (κ1) is 23.1. The zero-order chi connectivity index (χ0) is 18.1. The van der Waals surface area contributed by atoms with Crippen LogP contribution in [-0.2, 0) is 9.09 Å². The Kier molecular flexibility index (Phi) is 10.2. The van der Waals surface area contributed by atoms with E-state index in [1.165, 1.54) is 0 Å². The zero-order valence-corrected chi connectivity index (χ0v) is 16.9. The van der Waals surface area contributed by atoms with Crippen molar-refractivity contribution in [1.29, 1.82) is 0 Å². The summed E-state index contributed by atoms with van der Waals surface area (Å²) in [5.74, 6) is 0. The summed E-state index contributed by atoms with van der Waals surface area (Å²) in [6.45, 7) is 6.29. The second kappa shape index (κ2) is 10.1. The van der Waals surface area contributed by atoms with Gasteiger partial charge in [0.1, 0.15) is 11.6 Å². The van der Waals surface area contributed by atoms with Crippen LogP contribution in [0.5, 0.6) is 0 Å². The summed E-state index contributed by atoms with van der Waals surface area (Å²) in [5.41, 5.74) is -0.764. The van der Waals surface area contributed by atoms with Gasteiger partial charge < -0.3 is 14.3 Å². The van der Waals surface area contributed by atoms with E-state index < -0.39 is 13.4 Å². The Morgan fingerprint density at radius 2 is 1.52 bits per heavy atom. The summed E-state index contributed by atoms with van der Waals surface area (Å²) in [6, 6.07) is 0.0727. The number of unbranched alkanes of at least 4 members (excludes halogenated alkanes) is 4. The van der Waals surface area contributed by atoms with Crippen LogP contribution in [0.25, 0.3) is 0 Å². The van der Waals surface area contributed by atoms with Crippen molar-refractivity contribution >= 4 is 7.82 Å². The van der Waals surface area contributed by atoms with Crippen LogP contribution in [0.1, 0.15) is 78.6 Å². The molecule has 6 heteroatoms. The van der Waals surface area contributed by atoms with E-state index in [-0.39, 0.29) is 6.04 Å². The molecule has 2 atom stereocenters. The lowest BCUT2D eigenvalue weighted by atomic mass is 9.81. The van der Waals surface area contributed by atoms with Crippen LogP contribution in [0.4, 0.5) is 0 Å². The average molecular weight is 352 g/mol. The number of quaternary nitrogens is 1. The first-order valence-electron chi connectivity index (χ1n) is 9.09. The third-order valence-corrected chi connectivity index (χ3v) is 5.33. The molecular formula is C17H39NO4P+. The van der Waals surface area contributed by atoms with Crippen LogP contribution < -0.4 is 0 Å². The predicted octanol–water partition coefficient (Wildman–Crippen LogP) is 4.48. The summed E-state index contributed by atoms with van der Waals surface area (Å²) >= 11 is 0. The topological polar surface area (TPSA) is 66.8 Å². The molecule has 0 saturated heterocycles. The Balaban J connectivity index is 5.53. The summed E-state index contributed by atoms with van der Waals surface area (Å²) < 4.78 is 17.8. The van der Waals surface area contributed by atoms with Crippen molar-refractivity contribution in [2.24, 2.45) is 0 Å². The van der Waals surface area contributed by atoms with E-state index in [1.807, 2.05) is 6.92 Å². The number of rotatable bonds is 13. The van der Waals surface area contributed by atoms with Crippen LogP contribution in [-0.4, -0.2) is 47.1 Å². The van der Waals surface area contributed by atoms with Crippen LogP contribution in [0.3, 0.4) is 0 Å². The van der Waals surface area contributed by atoms with Gasteiger partial charge in [0.2, 0.25) is 0 Å². The summed E-state index contributed by atoms with van der Waals surface area (Å²) in [5, 5.41) is 0. The van der Waals surface area contributed by atoms with Crippen molar-refractivity contribution in [3.05, 3.63) is 0 Å². The molecular weight excluding hydrogens is 313 g/mol. The van der Waals surface area contributed by atoms with E-state index in [4.69, 9.17) is 4.52 Å². The number of likely N-dealkylation sites (N-methyl/N-ethyl adjacent to an activating group) is 1. The first-order chi connectivity index (χ1) is 10.5. The number of phosphoric acid groups is 1. The highest BCUT2D eigenvalue weighted by Gasteiger charge is 2.49. The standard InChI is InChI=1S/C17H38NO4P/c1-7-10-12-14-16(18(4,5)6)17(9-3,15-13-11-8-2)22-23(19,20)21/h16H,7-15H2,1-6H3,(H-,19,20,21)/p+1. The summed E-state index contributed by atoms with van der Waals surface area (Å²) in [7, 11) is 1.78.